The average Bonchev–Trinajstić information content (AvgIpc) is 3.21. The Morgan fingerprint density at radius 2 is 1.28 bits per heavy atom. The summed E-state index contributed by atoms with van der Waals surface area (Å²) in [5.74, 6) is -6.82. The van der Waals surface area contributed by atoms with E-state index < -0.39 is 141 Å². The molecule has 13 N–H and O–H groups in total. The van der Waals surface area contributed by atoms with Crippen LogP contribution in [0.5, 0.6) is 0 Å². The van der Waals surface area contributed by atoms with Crippen LogP contribution >= 0.6 is 0 Å². The van der Waals surface area contributed by atoms with Crippen LogP contribution in [0.3, 0.4) is 0 Å². The third-order valence-electron chi connectivity index (χ3n) is 12.2. The molecule has 0 saturated carbocycles. The zero-order valence-corrected chi connectivity index (χ0v) is 37.8. The van der Waals surface area contributed by atoms with Crippen molar-refractivity contribution < 1.29 is 84.7 Å². The molecule has 3 heterocycles. The lowest BCUT2D eigenvalue weighted by molar-refractivity contribution is -0.310. The van der Waals surface area contributed by atoms with Gasteiger partial charge < -0.3 is 80.9 Å². The number of aliphatic hydroxyl groups is 10. The first-order chi connectivity index (χ1) is 30.6. The number of esters is 1. The highest BCUT2D eigenvalue weighted by molar-refractivity contribution is 5.71. The summed E-state index contributed by atoms with van der Waals surface area (Å²) < 4.78 is 23.2. The molecule has 0 aromatic rings. The van der Waals surface area contributed by atoms with Crippen LogP contribution in [0, 0.1) is 17.8 Å². The number of hydrogen-bond acceptors (Lipinski definition) is 17. The molecule has 0 unspecified atom stereocenters. The van der Waals surface area contributed by atoms with E-state index in [1.54, 1.807) is 38.2 Å². The fourth-order valence-electron chi connectivity index (χ4n) is 8.11. The van der Waals surface area contributed by atoms with Crippen molar-refractivity contribution in [3.8, 4) is 0 Å². The molecule has 19 atom stereocenters. The summed E-state index contributed by atoms with van der Waals surface area (Å²) in [5.41, 5.74) is 6.02. The Labute approximate surface area is 381 Å². The van der Waals surface area contributed by atoms with Crippen LogP contribution in [-0.2, 0) is 28.5 Å². The van der Waals surface area contributed by atoms with Crippen molar-refractivity contribution in [3.63, 3.8) is 0 Å². The van der Waals surface area contributed by atoms with Crippen LogP contribution in [0.4, 0.5) is 0 Å². The molecule has 18 nitrogen and oxygen atoms in total. The van der Waals surface area contributed by atoms with Crippen molar-refractivity contribution >= 4 is 11.9 Å². The molecule has 3 aliphatic rings. The highest BCUT2D eigenvalue weighted by Crippen LogP contribution is 2.38. The first kappa shape index (κ1) is 56.1. The summed E-state index contributed by atoms with van der Waals surface area (Å²) in [7, 11) is 0. The second-order valence-corrected chi connectivity index (χ2v) is 17.8. The number of nitrogens with two attached hydrogens (primary N) is 1. The number of ether oxygens (including phenoxy) is 4. The molecule has 370 valence electrons. The lowest BCUT2D eigenvalue weighted by atomic mass is 9.82. The molecule has 0 aliphatic carbocycles. The molecule has 3 aliphatic heterocycles. The number of cyclic esters (lactones) is 1. The number of carboxylic acids is 1. The van der Waals surface area contributed by atoms with Gasteiger partial charge in [-0.25, -0.2) is 0 Å². The fourth-order valence-corrected chi connectivity index (χ4v) is 8.11. The summed E-state index contributed by atoms with van der Waals surface area (Å²) in [6, 6.07) is -1.14. The van der Waals surface area contributed by atoms with Crippen LogP contribution in [0.15, 0.2) is 72.9 Å². The fraction of sp³-hybridized carbons (Fsp3) is 0.702. The van der Waals surface area contributed by atoms with Crippen LogP contribution < -0.4 is 5.73 Å². The molecular weight excluding hydrogens is 851 g/mol. The molecule has 2 fully saturated rings. The van der Waals surface area contributed by atoms with Gasteiger partial charge in [0.25, 0.3) is 0 Å². The van der Waals surface area contributed by atoms with Crippen molar-refractivity contribution in [2.24, 2.45) is 23.5 Å². The number of hydrogen-bond donors (Lipinski definition) is 12. The van der Waals surface area contributed by atoms with Gasteiger partial charge in [-0.3, -0.25) is 9.59 Å². The zero-order valence-electron chi connectivity index (χ0n) is 37.8. The number of rotatable bonds is 3. The van der Waals surface area contributed by atoms with Crippen molar-refractivity contribution in [1.29, 1.82) is 0 Å². The number of aliphatic carboxylic acids is 1. The Bertz CT molecular complexity index is 1620. The summed E-state index contributed by atoms with van der Waals surface area (Å²) in [5, 5.41) is 118. The van der Waals surface area contributed by atoms with Gasteiger partial charge in [-0.05, 0) is 52.4 Å². The highest BCUT2D eigenvalue weighted by Gasteiger charge is 2.51. The van der Waals surface area contributed by atoms with E-state index in [1.807, 2.05) is 49.5 Å². The number of carboxylic acid groups (broad SMARTS) is 1. The predicted octanol–water partition coefficient (Wildman–Crippen LogP) is 0.936. The van der Waals surface area contributed by atoms with Crippen LogP contribution in [0.25, 0.3) is 0 Å². The maximum absolute atomic E-state index is 12.6. The Morgan fingerprint density at radius 1 is 0.692 bits per heavy atom. The summed E-state index contributed by atoms with van der Waals surface area (Å²) in [6.45, 7) is 6.78. The third-order valence-corrected chi connectivity index (χ3v) is 12.2. The molecule has 0 radical (unpaired) electrons. The van der Waals surface area contributed by atoms with E-state index in [4.69, 9.17) is 24.7 Å². The van der Waals surface area contributed by atoms with Crippen molar-refractivity contribution in [2.45, 2.75) is 189 Å². The van der Waals surface area contributed by atoms with Gasteiger partial charge in [0.05, 0.1) is 79.6 Å². The first-order valence-electron chi connectivity index (χ1n) is 22.6. The molecule has 2 saturated heterocycles. The van der Waals surface area contributed by atoms with Crippen molar-refractivity contribution in [2.75, 3.05) is 0 Å². The molecule has 2 bridgehead atoms. The first-order valence-corrected chi connectivity index (χ1v) is 22.6. The van der Waals surface area contributed by atoms with Gasteiger partial charge in [0.15, 0.2) is 12.1 Å². The van der Waals surface area contributed by atoms with E-state index in [0.717, 1.165) is 12.8 Å². The van der Waals surface area contributed by atoms with Gasteiger partial charge in [-0.15, -0.1) is 0 Å². The van der Waals surface area contributed by atoms with Gasteiger partial charge in [-0.1, -0.05) is 86.8 Å². The molecule has 0 aromatic carbocycles. The lowest BCUT2D eigenvalue weighted by Crippen LogP contribution is -2.61. The monoisotopic (exact) mass is 926 g/mol. The number of allylic oxidation sites excluding steroid dienone is 10. The molecule has 0 amide bonds. The van der Waals surface area contributed by atoms with E-state index in [1.165, 1.54) is 13.0 Å². The van der Waals surface area contributed by atoms with Crippen molar-refractivity contribution in [3.05, 3.63) is 72.9 Å². The summed E-state index contributed by atoms with van der Waals surface area (Å²) >= 11 is 0. The Kier molecular flexibility index (Phi) is 23.8. The topological polar surface area (TPSA) is 320 Å². The Balaban J connectivity index is 1.84. The summed E-state index contributed by atoms with van der Waals surface area (Å²) in [6.07, 6.45) is 2.28. The maximum Gasteiger partial charge on any atom is 0.311 e. The minimum Gasteiger partial charge on any atom is -0.481 e. The molecule has 18 heteroatoms. The molecule has 0 spiro atoms. The predicted molar refractivity (Wildman–Crippen MR) is 237 cm³/mol. The normalized spacial score (nSPS) is 45.2. The van der Waals surface area contributed by atoms with E-state index in [2.05, 4.69) is 0 Å². The minimum absolute atomic E-state index is 0.138. The number of carbonyl (C=O) groups excluding carboxylic acids is 1. The van der Waals surface area contributed by atoms with Gasteiger partial charge >= 0.3 is 11.9 Å². The lowest BCUT2D eigenvalue weighted by Gasteiger charge is -2.45. The quantitative estimate of drug-likeness (QED) is 0.175. The second-order valence-electron chi connectivity index (χ2n) is 17.8. The Morgan fingerprint density at radius 3 is 1.94 bits per heavy atom. The SMILES string of the molecule is C[C@@H]1[C@H](O)[C@@H](C)/C=C/C=C\CC/C=C/C=C/C=C/C=C/[C@H](O[C@H]2O[C@@H](C)[C@H](O)[C@@H](N)[C@H]2O)C[C@@H]2O[C@@](O)(C[C@@H](O)[C@@H](O)CC[C@@H](O)C[C@@H](O)C[C@@H](O)CC(=O)O[C@H]1C)C[C@H](O)[C@H]2C(=O)O. The number of aliphatic hydroxyl groups excluding tert-OH is 9. The van der Waals surface area contributed by atoms with Gasteiger partial charge in [0.1, 0.15) is 18.1 Å². The smallest absolute Gasteiger partial charge is 0.311 e. The van der Waals surface area contributed by atoms with E-state index in [9.17, 15) is 65.8 Å². The standard InChI is InChI=1S/C47H75NO17/c1-27-17-15-13-11-9-7-5-6-8-10-12-14-16-18-34(64-46-44(58)41(48)43(57)30(4)63-46)24-38-40(45(59)60)37(54)26-47(61,65-38)25-36(53)35(52)20-19-31(49)21-32(50)22-33(51)23-39(55)62-29(3)28(2)42(27)56/h5-6,8,10-18,27-38,40-44,46,49-54,56-58,61H,7,9,19-26,48H2,1-4H3,(H,59,60)/b6-5+,10-8+,13-11-,14-12+,17-15+,18-16+/t27-,28-,29-,30-,31+,32+,33+,34-,35-,36+,37-,38-,40+,41+,42+,43-,44+,46+,47-/m0/s1. The summed E-state index contributed by atoms with van der Waals surface area (Å²) in [4.78, 5) is 25.1. The number of fused-ring (bicyclic) bond motifs is 2. The highest BCUT2D eigenvalue weighted by atomic mass is 16.7. The van der Waals surface area contributed by atoms with Gasteiger partial charge in [-0.2, -0.15) is 0 Å². The second kappa shape index (κ2) is 27.6. The third kappa shape index (κ3) is 18.8. The average molecular weight is 926 g/mol. The molecule has 65 heavy (non-hydrogen) atoms. The molecular formula is C47H75NO17. The van der Waals surface area contributed by atoms with Crippen LogP contribution in [0.1, 0.15) is 91.9 Å². The Hall–Kier alpha value is -3.18. The van der Waals surface area contributed by atoms with E-state index in [0.29, 0.717) is 0 Å². The van der Waals surface area contributed by atoms with Crippen LogP contribution in [-0.4, -0.2) is 166 Å². The van der Waals surface area contributed by atoms with Crippen LogP contribution in [0.2, 0.25) is 0 Å². The zero-order chi connectivity index (χ0) is 48.4. The minimum atomic E-state index is -2.35. The number of carbonyl (C=O) groups is 2. The molecule has 0 aromatic heterocycles. The van der Waals surface area contributed by atoms with Crippen molar-refractivity contribution in [1.82, 2.24) is 0 Å². The molecule has 3 rings (SSSR count). The van der Waals surface area contributed by atoms with Gasteiger partial charge in [0, 0.05) is 31.1 Å². The van der Waals surface area contributed by atoms with E-state index in [-0.39, 0.29) is 38.0 Å². The maximum atomic E-state index is 12.6. The van der Waals surface area contributed by atoms with E-state index >= 15 is 0 Å². The largest absolute Gasteiger partial charge is 0.481 e. The van der Waals surface area contributed by atoms with Gasteiger partial charge in [0.2, 0.25) is 0 Å².